The molecule has 2 aliphatic heterocycles. The van der Waals surface area contributed by atoms with Gasteiger partial charge in [-0.2, -0.15) is 0 Å². The molecule has 0 unspecified atom stereocenters. The van der Waals surface area contributed by atoms with Gasteiger partial charge in [0, 0.05) is 85.6 Å². The van der Waals surface area contributed by atoms with E-state index < -0.39 is 80.4 Å². The first kappa shape index (κ1) is 85.5. The van der Waals surface area contributed by atoms with Crippen molar-refractivity contribution in [1.29, 1.82) is 0 Å². The van der Waals surface area contributed by atoms with Crippen molar-refractivity contribution in [3.8, 4) is 34.5 Å². The molecular formula is C94H118N4O12S2. The molecular weight excluding hydrogens is 1440 g/mol. The number of nitrogens with zero attached hydrogens (tertiary/aromatic N) is 2. The SMILES string of the molecule is COC(=O)[C@@H]1CSSC[C@H](C(=O)OC)NC(=O)[C@@H](Cc2ccccc2)N2Cc3cc(C(C)(C)C)cc(c3O)Cc3cc(C(C)(C)C)cc(c3O)Cc3cc(C(C)(C)C)cc(c3O)CN(Cc3cc(C(C)(C)C)cc(c3O)Cc3cc(C(C)(C)C)cc(c3O)Cc3cc(C(C)(C)C)cc(c3O)C2)[C@@H](Cc2ccccc2)C(=O)N1. The first-order chi connectivity index (χ1) is 52.3. The molecule has 112 heavy (non-hydrogen) atoms. The number of carbonyl (C=O) groups is 4. The van der Waals surface area contributed by atoms with E-state index in [1.54, 1.807) is 0 Å². The maximum Gasteiger partial charge on any atom is 0.329 e. The second-order valence-electron chi connectivity index (χ2n) is 37.0. The van der Waals surface area contributed by atoms with Crippen LogP contribution in [0.1, 0.15) is 236 Å². The van der Waals surface area contributed by atoms with Gasteiger partial charge in [-0.3, -0.25) is 19.4 Å². The standard InChI is InChI=1S/C94H118N4O12S2/c1-89(2,3)69-37-57-33-61-41-71(91(7,8)9)45-65(81(61)101)49-97-51-67-47-73(93(13,14)15)43-63(83(67)103)35-59-39-70(90(4,5)6)40-60(80(59)100)36-64-44-74(94(16,17)18)48-68(84(64)104)52-98(50-66-46-72(92(10,11)12)42-62(82(66)102)34-58(38-69)79(57)99)78(32-56-29-25-22-26-30-56)86(106)96-76(88(108)110-20)54-112-111-53-75(87(107)109-19)95-85(105)77(97)31-55-27-23-21-24-28-55/h21-30,37-48,75-78,99-104H,31-36,49-54H2,1-20H3,(H,95,105)(H,96,106)/t75-,76+,77-,78+. The zero-order valence-corrected chi connectivity index (χ0v) is 71.0. The highest BCUT2D eigenvalue weighted by atomic mass is 33.1. The van der Waals surface area contributed by atoms with E-state index in [2.05, 4.69) is 135 Å². The Morgan fingerprint density at radius 1 is 0.348 bits per heavy atom. The summed E-state index contributed by atoms with van der Waals surface area (Å²) in [4.78, 5) is 65.0. The van der Waals surface area contributed by atoms with Gasteiger partial charge in [-0.25, -0.2) is 9.59 Å². The fourth-order valence-corrected chi connectivity index (χ4v) is 17.1. The molecule has 8 aromatic rings. The second-order valence-corrected chi connectivity index (χ2v) is 39.6. The van der Waals surface area contributed by atoms with Crippen LogP contribution in [-0.2, 0) is 126 Å². The molecule has 18 heteroatoms. The molecule has 14 bridgehead atoms. The number of nitrogens with one attached hydrogen (secondary N) is 2. The number of hydrogen-bond donors (Lipinski definition) is 8. The first-order valence-corrected chi connectivity index (χ1v) is 41.5. The molecule has 598 valence electrons. The third-order valence-corrected chi connectivity index (χ3v) is 24.4. The minimum atomic E-state index is -1.28. The van der Waals surface area contributed by atoms with Gasteiger partial charge in [0.1, 0.15) is 46.6 Å². The Bertz CT molecular complexity index is 4290. The van der Waals surface area contributed by atoms with Crippen LogP contribution < -0.4 is 10.6 Å². The minimum Gasteiger partial charge on any atom is -0.507 e. The number of methoxy groups -OCH3 is 2. The predicted molar refractivity (Wildman–Crippen MR) is 451 cm³/mol. The van der Waals surface area contributed by atoms with Gasteiger partial charge in [-0.05, 0) is 134 Å². The van der Waals surface area contributed by atoms with Gasteiger partial charge >= 0.3 is 11.9 Å². The van der Waals surface area contributed by atoms with Crippen molar-refractivity contribution in [1.82, 2.24) is 20.4 Å². The van der Waals surface area contributed by atoms with Gasteiger partial charge in [0.25, 0.3) is 0 Å². The number of fused-ring (bicyclic) bond motifs is 25. The Labute approximate surface area is 672 Å². The van der Waals surface area contributed by atoms with E-state index in [0.717, 1.165) is 44.5 Å². The van der Waals surface area contributed by atoms with E-state index in [-0.39, 0.29) is 111 Å². The molecule has 2 heterocycles. The molecule has 0 aliphatic carbocycles. The molecule has 0 aromatic heterocycles. The van der Waals surface area contributed by atoms with E-state index in [1.165, 1.54) is 35.8 Å². The maximum absolute atomic E-state index is 16.2. The van der Waals surface area contributed by atoms with Gasteiger partial charge in [-0.15, -0.1) is 0 Å². The van der Waals surface area contributed by atoms with Crippen molar-refractivity contribution in [2.75, 3.05) is 25.7 Å². The van der Waals surface area contributed by atoms with Crippen LogP contribution in [0.15, 0.2) is 133 Å². The van der Waals surface area contributed by atoms with Crippen LogP contribution in [0, 0.1) is 0 Å². The molecule has 8 aromatic carbocycles. The molecule has 0 saturated heterocycles. The number of esters is 2. The number of rotatable bonds is 6. The highest BCUT2D eigenvalue weighted by molar-refractivity contribution is 8.76. The van der Waals surface area contributed by atoms with Crippen LogP contribution in [0.2, 0.25) is 0 Å². The molecule has 16 nitrogen and oxygen atoms in total. The summed E-state index contributed by atoms with van der Waals surface area (Å²) < 4.78 is 10.9. The second kappa shape index (κ2) is 34.0. The largest absolute Gasteiger partial charge is 0.507 e. The van der Waals surface area contributed by atoms with E-state index in [1.807, 2.05) is 143 Å². The Kier molecular flexibility index (Phi) is 26.0. The third kappa shape index (κ3) is 20.5. The normalized spacial score (nSPS) is 19.0. The number of benzene rings is 8. The zero-order chi connectivity index (χ0) is 82.1. The van der Waals surface area contributed by atoms with Crippen molar-refractivity contribution in [2.45, 2.75) is 246 Å². The fraction of sp³-hybridized carbons (Fsp3) is 0.447. The molecule has 0 fully saturated rings. The van der Waals surface area contributed by atoms with Gasteiger partial charge in [0.05, 0.1) is 26.3 Å². The van der Waals surface area contributed by atoms with Gasteiger partial charge in [-0.1, -0.05) is 280 Å². The minimum absolute atomic E-state index is 0.0362. The first-order valence-electron chi connectivity index (χ1n) is 39.0. The molecule has 8 N–H and O–H groups in total. The summed E-state index contributed by atoms with van der Waals surface area (Å²) in [6.45, 7) is 37.2. The molecule has 0 spiro atoms. The maximum atomic E-state index is 16.2. The molecule has 2 aliphatic rings. The average Bonchev–Trinajstić information content (AvgIpc) is 0.783. The summed E-state index contributed by atoms with van der Waals surface area (Å²) in [6.07, 6.45) is 0.309. The molecule has 10 rings (SSSR count). The zero-order valence-electron chi connectivity index (χ0n) is 69.3. The van der Waals surface area contributed by atoms with Crippen molar-refractivity contribution < 1.29 is 59.3 Å². The van der Waals surface area contributed by atoms with Crippen LogP contribution in [0.5, 0.6) is 34.5 Å². The fourth-order valence-electron chi connectivity index (χ4n) is 14.8. The molecule has 2 amide bonds. The van der Waals surface area contributed by atoms with Crippen LogP contribution in [0.3, 0.4) is 0 Å². The quantitative estimate of drug-likeness (QED) is 0.0570. The highest BCUT2D eigenvalue weighted by Crippen LogP contribution is 2.45. The lowest BCUT2D eigenvalue weighted by Gasteiger charge is -2.34. The number of phenolic OH excluding ortho intramolecular Hbond substituents is 6. The lowest BCUT2D eigenvalue weighted by atomic mass is 9.80. The van der Waals surface area contributed by atoms with Crippen LogP contribution in [-0.4, -0.2) is 114 Å². The van der Waals surface area contributed by atoms with Crippen molar-refractivity contribution >= 4 is 45.3 Å². The van der Waals surface area contributed by atoms with Crippen molar-refractivity contribution in [2.24, 2.45) is 0 Å². The monoisotopic (exact) mass is 1560 g/mol. The summed E-state index contributed by atoms with van der Waals surface area (Å²) >= 11 is 0. The van der Waals surface area contributed by atoms with E-state index in [0.29, 0.717) is 66.8 Å². The summed E-state index contributed by atoms with van der Waals surface area (Å²) in [6, 6.07) is 37.8. The van der Waals surface area contributed by atoms with Crippen molar-refractivity contribution in [3.05, 3.63) is 245 Å². The van der Waals surface area contributed by atoms with Crippen LogP contribution >= 0.6 is 21.6 Å². The summed E-state index contributed by atoms with van der Waals surface area (Å²) in [5.41, 5.74) is 9.45. The van der Waals surface area contributed by atoms with Crippen molar-refractivity contribution in [3.63, 3.8) is 0 Å². The lowest BCUT2D eigenvalue weighted by molar-refractivity contribution is -0.145. The number of amides is 2. The number of ether oxygens (including phenoxy) is 2. The van der Waals surface area contributed by atoms with Gasteiger partial charge in [0.15, 0.2) is 0 Å². The molecule has 0 radical (unpaired) electrons. The molecule has 4 atom stereocenters. The van der Waals surface area contributed by atoms with E-state index in [4.69, 9.17) is 9.47 Å². The Hall–Kier alpha value is -8.94. The highest BCUT2D eigenvalue weighted by Gasteiger charge is 2.38. The number of carbonyl (C=O) groups excluding carboxylic acids is 4. The lowest BCUT2D eigenvalue weighted by Crippen LogP contribution is -2.53. The topological polar surface area (TPSA) is 239 Å². The summed E-state index contributed by atoms with van der Waals surface area (Å²) in [5.74, 6) is -3.17. The van der Waals surface area contributed by atoms with E-state index >= 15 is 9.59 Å². The average molecular weight is 1560 g/mol. The Morgan fingerprint density at radius 2 is 0.545 bits per heavy atom. The predicted octanol–water partition coefficient (Wildman–Crippen LogP) is 17.3. The summed E-state index contributed by atoms with van der Waals surface area (Å²) in [5, 5.41) is 86.1. The number of phenols is 6. The Balaban J connectivity index is 1.36. The number of aromatic hydroxyl groups is 6. The van der Waals surface area contributed by atoms with Crippen LogP contribution in [0.25, 0.3) is 0 Å². The number of hydrogen-bond acceptors (Lipinski definition) is 16. The van der Waals surface area contributed by atoms with Crippen LogP contribution in [0.4, 0.5) is 0 Å². The van der Waals surface area contributed by atoms with E-state index in [9.17, 15) is 40.2 Å². The van der Waals surface area contributed by atoms with Gasteiger partial charge in [0.2, 0.25) is 11.8 Å². The molecule has 0 saturated carbocycles. The Morgan fingerprint density at radius 3 is 0.741 bits per heavy atom. The van der Waals surface area contributed by atoms with Gasteiger partial charge < -0.3 is 50.7 Å². The third-order valence-electron chi connectivity index (χ3n) is 22.0. The smallest absolute Gasteiger partial charge is 0.329 e. The summed E-state index contributed by atoms with van der Waals surface area (Å²) in [7, 11) is 4.86.